The van der Waals surface area contributed by atoms with Crippen LogP contribution in [-0.4, -0.2) is 11.9 Å². The van der Waals surface area contributed by atoms with Gasteiger partial charge in [0.2, 0.25) is 5.91 Å². The second kappa shape index (κ2) is 7.82. The van der Waals surface area contributed by atoms with Crippen molar-refractivity contribution in [2.24, 2.45) is 0 Å². The summed E-state index contributed by atoms with van der Waals surface area (Å²) in [6, 6.07) is 18.7. The molecule has 0 heterocycles. The predicted octanol–water partition coefficient (Wildman–Crippen LogP) is 4.61. The Labute approximate surface area is 138 Å². The van der Waals surface area contributed by atoms with Crippen molar-refractivity contribution in [1.29, 1.82) is 0 Å². The number of benzene rings is 2. The molecule has 0 spiro atoms. The van der Waals surface area contributed by atoms with Crippen molar-refractivity contribution in [2.45, 2.75) is 44.6 Å². The van der Waals surface area contributed by atoms with Gasteiger partial charge in [-0.05, 0) is 49.1 Å². The lowest BCUT2D eigenvalue weighted by molar-refractivity contribution is -0.116. The highest BCUT2D eigenvalue weighted by molar-refractivity contribution is 5.91. The Kier molecular flexibility index (Phi) is 5.30. The zero-order chi connectivity index (χ0) is 15.9. The third kappa shape index (κ3) is 4.85. The Morgan fingerprint density at radius 3 is 2.26 bits per heavy atom. The average molecular weight is 308 g/mol. The molecule has 1 amide bonds. The van der Waals surface area contributed by atoms with Crippen LogP contribution < -0.4 is 10.6 Å². The van der Waals surface area contributed by atoms with E-state index in [1.54, 1.807) is 0 Å². The summed E-state index contributed by atoms with van der Waals surface area (Å²) in [5.41, 5.74) is 3.19. The summed E-state index contributed by atoms with van der Waals surface area (Å²) in [6.07, 6.45) is 6.45. The van der Waals surface area contributed by atoms with E-state index in [0.717, 1.165) is 17.8 Å². The summed E-state index contributed by atoms with van der Waals surface area (Å²) >= 11 is 0. The van der Waals surface area contributed by atoms with Gasteiger partial charge in [-0.3, -0.25) is 4.79 Å². The number of aryl methyl sites for hydroxylation is 1. The molecular formula is C20H24N2O. The van der Waals surface area contributed by atoms with E-state index in [4.69, 9.17) is 0 Å². The monoisotopic (exact) mass is 308 g/mol. The number of rotatable bonds is 6. The summed E-state index contributed by atoms with van der Waals surface area (Å²) in [6.45, 7) is 0. The largest absolute Gasteiger partial charge is 0.382 e. The van der Waals surface area contributed by atoms with Gasteiger partial charge in [0.05, 0.1) is 0 Å². The molecule has 1 fully saturated rings. The van der Waals surface area contributed by atoms with E-state index in [1.807, 2.05) is 42.5 Å². The SMILES string of the molecule is O=C(CCc1ccccc1)Nc1ccc(NC2CCCC2)cc1. The van der Waals surface area contributed by atoms with Gasteiger partial charge in [-0.2, -0.15) is 0 Å². The van der Waals surface area contributed by atoms with Crippen molar-refractivity contribution < 1.29 is 4.79 Å². The molecule has 3 nitrogen and oxygen atoms in total. The van der Waals surface area contributed by atoms with Crippen molar-refractivity contribution in [2.75, 3.05) is 10.6 Å². The lowest BCUT2D eigenvalue weighted by atomic mass is 10.1. The minimum atomic E-state index is 0.0605. The second-order valence-corrected chi connectivity index (χ2v) is 6.24. The standard InChI is InChI=1S/C20H24N2O/c23-20(15-10-16-6-2-1-3-7-16)22-19-13-11-18(12-14-19)21-17-8-4-5-9-17/h1-3,6-7,11-14,17,21H,4-5,8-10,15H2,(H,22,23). The molecule has 1 saturated carbocycles. The van der Waals surface area contributed by atoms with Gasteiger partial charge in [0, 0.05) is 23.8 Å². The molecule has 0 saturated heterocycles. The normalized spacial score (nSPS) is 14.6. The molecule has 0 radical (unpaired) electrons. The molecule has 120 valence electrons. The van der Waals surface area contributed by atoms with Crippen LogP contribution in [0.15, 0.2) is 54.6 Å². The molecular weight excluding hydrogens is 284 g/mol. The maximum atomic E-state index is 12.0. The van der Waals surface area contributed by atoms with Gasteiger partial charge in [0.25, 0.3) is 0 Å². The third-order valence-electron chi connectivity index (χ3n) is 4.38. The molecule has 0 aromatic heterocycles. The fraction of sp³-hybridized carbons (Fsp3) is 0.350. The summed E-state index contributed by atoms with van der Waals surface area (Å²) in [7, 11) is 0. The fourth-order valence-corrected chi connectivity index (χ4v) is 3.08. The highest BCUT2D eigenvalue weighted by Gasteiger charge is 2.14. The Hall–Kier alpha value is -2.29. The molecule has 23 heavy (non-hydrogen) atoms. The van der Waals surface area contributed by atoms with Gasteiger partial charge in [0.1, 0.15) is 0 Å². The highest BCUT2D eigenvalue weighted by atomic mass is 16.1. The topological polar surface area (TPSA) is 41.1 Å². The number of amides is 1. The van der Waals surface area contributed by atoms with Crippen molar-refractivity contribution in [3.8, 4) is 0 Å². The summed E-state index contributed by atoms with van der Waals surface area (Å²) in [5.74, 6) is 0.0605. The average Bonchev–Trinajstić information content (AvgIpc) is 3.09. The molecule has 2 aromatic rings. The number of hydrogen-bond acceptors (Lipinski definition) is 2. The zero-order valence-corrected chi connectivity index (χ0v) is 13.4. The van der Waals surface area contributed by atoms with Gasteiger partial charge < -0.3 is 10.6 Å². The number of carbonyl (C=O) groups is 1. The van der Waals surface area contributed by atoms with Crippen LogP contribution in [0.3, 0.4) is 0 Å². The molecule has 3 heteroatoms. The van der Waals surface area contributed by atoms with Crippen molar-refractivity contribution in [3.63, 3.8) is 0 Å². The Balaban J connectivity index is 1.46. The zero-order valence-electron chi connectivity index (χ0n) is 13.4. The number of hydrogen-bond donors (Lipinski definition) is 2. The first-order valence-electron chi connectivity index (χ1n) is 8.50. The Morgan fingerprint density at radius 2 is 1.57 bits per heavy atom. The maximum Gasteiger partial charge on any atom is 0.224 e. The minimum Gasteiger partial charge on any atom is -0.382 e. The van der Waals surface area contributed by atoms with Gasteiger partial charge >= 0.3 is 0 Å². The van der Waals surface area contributed by atoms with Crippen LogP contribution in [0.1, 0.15) is 37.7 Å². The fourth-order valence-electron chi connectivity index (χ4n) is 3.08. The smallest absolute Gasteiger partial charge is 0.224 e. The number of carbonyl (C=O) groups excluding carboxylic acids is 1. The van der Waals surface area contributed by atoms with Crippen LogP contribution in [0, 0.1) is 0 Å². The summed E-state index contributed by atoms with van der Waals surface area (Å²) in [5, 5.41) is 6.52. The lowest BCUT2D eigenvalue weighted by Crippen LogP contribution is -2.15. The van der Waals surface area contributed by atoms with Gasteiger partial charge in [-0.1, -0.05) is 43.2 Å². The molecule has 1 aliphatic carbocycles. The van der Waals surface area contributed by atoms with E-state index >= 15 is 0 Å². The molecule has 0 unspecified atom stereocenters. The first-order chi connectivity index (χ1) is 11.3. The lowest BCUT2D eigenvalue weighted by Gasteiger charge is -2.14. The summed E-state index contributed by atoms with van der Waals surface area (Å²) < 4.78 is 0. The van der Waals surface area contributed by atoms with Crippen LogP contribution >= 0.6 is 0 Å². The maximum absolute atomic E-state index is 12.0. The van der Waals surface area contributed by atoms with E-state index in [2.05, 4.69) is 22.8 Å². The molecule has 0 atom stereocenters. The van der Waals surface area contributed by atoms with Crippen LogP contribution in [0.25, 0.3) is 0 Å². The van der Waals surface area contributed by atoms with Crippen molar-refractivity contribution in [3.05, 3.63) is 60.2 Å². The quantitative estimate of drug-likeness (QED) is 0.818. The van der Waals surface area contributed by atoms with E-state index in [9.17, 15) is 4.79 Å². The van der Waals surface area contributed by atoms with Gasteiger partial charge in [-0.25, -0.2) is 0 Å². The predicted molar refractivity (Wildman–Crippen MR) is 95.7 cm³/mol. The summed E-state index contributed by atoms with van der Waals surface area (Å²) in [4.78, 5) is 12.0. The molecule has 0 aliphatic heterocycles. The Bertz CT molecular complexity index is 616. The van der Waals surface area contributed by atoms with Gasteiger partial charge in [-0.15, -0.1) is 0 Å². The number of nitrogens with one attached hydrogen (secondary N) is 2. The van der Waals surface area contributed by atoms with Crippen molar-refractivity contribution in [1.82, 2.24) is 0 Å². The molecule has 2 aromatic carbocycles. The van der Waals surface area contributed by atoms with E-state index in [-0.39, 0.29) is 5.91 Å². The first-order valence-corrected chi connectivity index (χ1v) is 8.50. The second-order valence-electron chi connectivity index (χ2n) is 6.24. The minimum absolute atomic E-state index is 0.0605. The molecule has 2 N–H and O–H groups in total. The van der Waals surface area contributed by atoms with E-state index < -0.39 is 0 Å². The van der Waals surface area contributed by atoms with Crippen LogP contribution in [-0.2, 0) is 11.2 Å². The van der Waals surface area contributed by atoms with Crippen molar-refractivity contribution >= 4 is 17.3 Å². The van der Waals surface area contributed by atoms with E-state index in [0.29, 0.717) is 12.5 Å². The third-order valence-corrected chi connectivity index (χ3v) is 4.38. The van der Waals surface area contributed by atoms with Gasteiger partial charge in [0.15, 0.2) is 0 Å². The first kappa shape index (κ1) is 15.6. The van der Waals surface area contributed by atoms with Crippen LogP contribution in [0.4, 0.5) is 11.4 Å². The molecule has 0 bridgehead atoms. The van der Waals surface area contributed by atoms with Crippen LogP contribution in [0.2, 0.25) is 0 Å². The molecule has 3 rings (SSSR count). The van der Waals surface area contributed by atoms with E-state index in [1.165, 1.54) is 31.2 Å². The number of anilines is 2. The molecule has 1 aliphatic rings. The van der Waals surface area contributed by atoms with Crippen LogP contribution in [0.5, 0.6) is 0 Å². The highest BCUT2D eigenvalue weighted by Crippen LogP contribution is 2.23. The Morgan fingerprint density at radius 1 is 0.913 bits per heavy atom.